The van der Waals surface area contributed by atoms with Crippen LogP contribution < -0.4 is 16.0 Å². The van der Waals surface area contributed by atoms with Gasteiger partial charge < -0.3 is 20.5 Å². The largest absolute Gasteiger partial charge is 0.366 e. The van der Waals surface area contributed by atoms with Gasteiger partial charge in [-0.2, -0.15) is 9.97 Å². The minimum Gasteiger partial charge on any atom is -0.366 e. The lowest BCUT2D eigenvalue weighted by atomic mass is 9.86. The van der Waals surface area contributed by atoms with Gasteiger partial charge in [-0.3, -0.25) is 4.79 Å². The second kappa shape index (κ2) is 10.1. The fourth-order valence-corrected chi connectivity index (χ4v) is 5.10. The summed E-state index contributed by atoms with van der Waals surface area (Å²) < 4.78 is 1.97. The van der Waals surface area contributed by atoms with Crippen LogP contribution in [-0.2, 0) is 18.9 Å². The van der Waals surface area contributed by atoms with Crippen LogP contribution >= 0.6 is 0 Å². The third-order valence-electron chi connectivity index (χ3n) is 7.58. The topological polar surface area (TPSA) is 102 Å². The molecular formula is C30H37N7O. The molecule has 2 aromatic heterocycles. The van der Waals surface area contributed by atoms with Gasteiger partial charge in [0, 0.05) is 31.4 Å². The maximum Gasteiger partial charge on any atom is 0.248 e. The number of nitrogens with two attached hydrogens (primary N) is 1. The summed E-state index contributed by atoms with van der Waals surface area (Å²) in [6, 6.07) is 14.2. The summed E-state index contributed by atoms with van der Waals surface area (Å²) in [6.07, 6.45) is 4.89. The minimum absolute atomic E-state index is 0.0526. The Balaban J connectivity index is 1.35. The van der Waals surface area contributed by atoms with Gasteiger partial charge in [0.15, 0.2) is 11.5 Å². The number of piperidine rings is 1. The molecule has 0 saturated carbocycles. The average molecular weight is 512 g/mol. The molecule has 1 aliphatic rings. The van der Waals surface area contributed by atoms with Gasteiger partial charge in [-0.15, -0.1) is 0 Å². The molecule has 198 valence electrons. The third-order valence-corrected chi connectivity index (χ3v) is 7.58. The van der Waals surface area contributed by atoms with E-state index in [1.165, 1.54) is 11.1 Å². The average Bonchev–Trinajstić information content (AvgIpc) is 3.26. The van der Waals surface area contributed by atoms with Gasteiger partial charge in [-0.05, 0) is 72.4 Å². The number of primary amides is 1. The minimum atomic E-state index is -0.388. The number of carbonyl (C=O) groups is 1. The Morgan fingerprint density at radius 2 is 1.79 bits per heavy atom. The SMILES string of the molecule is Cc1ccc(C(C)(C)C)cc1Nc1nc(N2CCC(Cc3ccc(C(N)=O)cc3)CC2)nc2ncn(C)c12. The molecule has 8 nitrogen and oxygen atoms in total. The van der Waals surface area contributed by atoms with Crippen molar-refractivity contribution >= 4 is 34.5 Å². The lowest BCUT2D eigenvalue weighted by molar-refractivity contribution is 0.100. The second-order valence-corrected chi connectivity index (χ2v) is 11.5. The maximum absolute atomic E-state index is 11.3. The van der Waals surface area contributed by atoms with E-state index in [2.05, 4.69) is 61.1 Å². The Morgan fingerprint density at radius 1 is 1.08 bits per heavy atom. The lowest BCUT2D eigenvalue weighted by Gasteiger charge is -2.32. The molecule has 0 spiro atoms. The predicted octanol–water partition coefficient (Wildman–Crippen LogP) is 5.27. The van der Waals surface area contributed by atoms with Gasteiger partial charge in [-0.25, -0.2) is 4.98 Å². The van der Waals surface area contributed by atoms with Crippen LogP contribution in [0.25, 0.3) is 11.2 Å². The Labute approximate surface area is 224 Å². The lowest BCUT2D eigenvalue weighted by Crippen LogP contribution is -2.35. The monoisotopic (exact) mass is 511 g/mol. The van der Waals surface area contributed by atoms with Crippen LogP contribution in [0, 0.1) is 12.8 Å². The summed E-state index contributed by atoms with van der Waals surface area (Å²) in [4.78, 5) is 28.0. The van der Waals surface area contributed by atoms with Crippen LogP contribution in [0.1, 0.15) is 60.7 Å². The molecule has 0 aliphatic carbocycles. The highest BCUT2D eigenvalue weighted by Gasteiger charge is 2.24. The van der Waals surface area contributed by atoms with Gasteiger partial charge in [0.1, 0.15) is 5.52 Å². The number of aromatic nitrogens is 4. The number of carbonyl (C=O) groups excluding carboxylic acids is 1. The molecule has 1 saturated heterocycles. The molecule has 1 amide bonds. The number of nitrogens with one attached hydrogen (secondary N) is 1. The van der Waals surface area contributed by atoms with Crippen molar-refractivity contribution in [3.8, 4) is 0 Å². The second-order valence-electron chi connectivity index (χ2n) is 11.5. The van der Waals surface area contributed by atoms with Crippen LogP contribution in [-0.4, -0.2) is 38.5 Å². The van der Waals surface area contributed by atoms with E-state index < -0.39 is 0 Å². The summed E-state index contributed by atoms with van der Waals surface area (Å²) in [6.45, 7) is 10.6. The summed E-state index contributed by atoms with van der Waals surface area (Å²) >= 11 is 0. The van der Waals surface area contributed by atoms with Crippen molar-refractivity contribution in [1.82, 2.24) is 19.5 Å². The van der Waals surface area contributed by atoms with E-state index in [0.29, 0.717) is 23.1 Å². The van der Waals surface area contributed by atoms with E-state index in [9.17, 15) is 4.79 Å². The third kappa shape index (κ3) is 5.35. The molecule has 2 aromatic carbocycles. The van der Waals surface area contributed by atoms with Crippen molar-refractivity contribution in [2.75, 3.05) is 23.3 Å². The van der Waals surface area contributed by atoms with Crippen LogP contribution in [0.5, 0.6) is 0 Å². The van der Waals surface area contributed by atoms with Gasteiger partial charge in [0.05, 0.1) is 6.33 Å². The molecule has 8 heteroatoms. The zero-order valence-corrected chi connectivity index (χ0v) is 23.0. The smallest absolute Gasteiger partial charge is 0.248 e. The summed E-state index contributed by atoms with van der Waals surface area (Å²) in [5.74, 6) is 1.67. The number of anilines is 3. The first-order valence-corrected chi connectivity index (χ1v) is 13.3. The van der Waals surface area contributed by atoms with Gasteiger partial charge in [-0.1, -0.05) is 45.0 Å². The molecule has 4 aromatic rings. The molecule has 38 heavy (non-hydrogen) atoms. The normalized spacial score (nSPS) is 14.7. The van der Waals surface area contributed by atoms with Crippen LogP contribution in [0.4, 0.5) is 17.5 Å². The number of benzene rings is 2. The number of hydrogen-bond acceptors (Lipinski definition) is 6. The standard InChI is InChI=1S/C30H37N7O/c1-19-6-11-23(30(2,3)4)17-24(19)33-28-25-27(32-18-36(25)5)34-29(35-28)37-14-12-21(13-15-37)16-20-7-9-22(10-8-20)26(31)38/h6-11,17-18,21H,12-16H2,1-5H3,(H2,31,38)(H,33,34,35). The molecule has 3 heterocycles. The number of amides is 1. The van der Waals surface area contributed by atoms with Crippen LogP contribution in [0.3, 0.4) is 0 Å². The molecule has 0 unspecified atom stereocenters. The van der Waals surface area contributed by atoms with Crippen molar-refractivity contribution in [3.05, 3.63) is 71.0 Å². The van der Waals surface area contributed by atoms with Gasteiger partial charge in [0.2, 0.25) is 11.9 Å². The molecule has 0 bridgehead atoms. The molecular weight excluding hydrogens is 474 g/mol. The Morgan fingerprint density at radius 3 is 2.45 bits per heavy atom. The van der Waals surface area contributed by atoms with Gasteiger partial charge >= 0.3 is 0 Å². The number of aryl methyl sites for hydroxylation is 2. The molecule has 5 rings (SSSR count). The highest BCUT2D eigenvalue weighted by molar-refractivity contribution is 5.92. The number of rotatable bonds is 6. The van der Waals surface area contributed by atoms with Crippen molar-refractivity contribution < 1.29 is 4.79 Å². The Hall–Kier alpha value is -3.94. The van der Waals surface area contributed by atoms with E-state index in [1.54, 1.807) is 6.33 Å². The first kappa shape index (κ1) is 25.7. The van der Waals surface area contributed by atoms with Crippen molar-refractivity contribution in [2.24, 2.45) is 18.7 Å². The Kier molecular flexibility index (Phi) is 6.82. The molecule has 0 atom stereocenters. The summed E-state index contributed by atoms with van der Waals surface area (Å²) in [7, 11) is 1.98. The highest BCUT2D eigenvalue weighted by Crippen LogP contribution is 2.32. The van der Waals surface area contributed by atoms with Crippen LogP contribution in [0.2, 0.25) is 0 Å². The summed E-state index contributed by atoms with van der Waals surface area (Å²) in [5.41, 5.74) is 12.3. The van der Waals surface area contributed by atoms with Crippen LogP contribution in [0.15, 0.2) is 48.8 Å². The van der Waals surface area contributed by atoms with Crippen molar-refractivity contribution in [3.63, 3.8) is 0 Å². The number of fused-ring (bicyclic) bond motifs is 1. The van der Waals surface area contributed by atoms with Crippen molar-refractivity contribution in [2.45, 2.75) is 52.4 Å². The predicted molar refractivity (Wildman–Crippen MR) is 153 cm³/mol. The number of imidazole rings is 1. The fourth-order valence-electron chi connectivity index (χ4n) is 5.10. The maximum atomic E-state index is 11.3. The quantitative estimate of drug-likeness (QED) is 0.366. The summed E-state index contributed by atoms with van der Waals surface area (Å²) in [5, 5.41) is 3.62. The van der Waals surface area contributed by atoms with E-state index in [4.69, 9.17) is 15.7 Å². The first-order valence-electron chi connectivity index (χ1n) is 13.3. The number of nitrogens with zero attached hydrogens (tertiary/aromatic N) is 5. The number of hydrogen-bond donors (Lipinski definition) is 2. The van der Waals surface area contributed by atoms with E-state index in [0.717, 1.165) is 54.9 Å². The molecule has 0 radical (unpaired) electrons. The van der Waals surface area contributed by atoms with Crippen molar-refractivity contribution in [1.29, 1.82) is 0 Å². The van der Waals surface area contributed by atoms with E-state index in [-0.39, 0.29) is 11.3 Å². The zero-order chi connectivity index (χ0) is 27.0. The molecule has 1 aliphatic heterocycles. The fraction of sp³-hybridized carbons (Fsp3) is 0.400. The van der Waals surface area contributed by atoms with Gasteiger partial charge in [0.25, 0.3) is 0 Å². The van der Waals surface area contributed by atoms with E-state index >= 15 is 0 Å². The molecule has 1 fully saturated rings. The van der Waals surface area contributed by atoms with E-state index in [1.807, 2.05) is 35.9 Å². The Bertz CT molecular complexity index is 1460. The molecule has 3 N–H and O–H groups in total. The first-order chi connectivity index (χ1) is 18.1. The highest BCUT2D eigenvalue weighted by atomic mass is 16.1. The zero-order valence-electron chi connectivity index (χ0n) is 23.0.